The highest BCUT2D eigenvalue weighted by atomic mass is 19.4. The molecule has 15 heteroatoms. The van der Waals surface area contributed by atoms with Crippen molar-refractivity contribution >= 4 is 39.7 Å². The number of nitrogens with one attached hydrogen (secondary N) is 1. The number of aromatic hydroxyl groups is 1. The Morgan fingerprint density at radius 1 is 0.950 bits per heavy atom. The SMILES string of the molecule is COc1cc2nc(Nc3nc(O)c4cc(OCCN(C)C)ccc4n3)nc(C)c2cc1OC.O=C(O)C(F)(F)F. The fourth-order valence-electron chi connectivity index (χ4n) is 3.35. The lowest BCUT2D eigenvalue weighted by molar-refractivity contribution is -0.192. The third-order valence-electron chi connectivity index (χ3n) is 5.31. The van der Waals surface area contributed by atoms with E-state index in [1.807, 2.05) is 38.1 Å². The standard InChI is InChI=1S/C23H26N6O4.C2HF3O2/c1-13-15-11-19(31-4)20(32-5)12-18(15)26-22(24-13)28-23-25-17-7-6-14(33-9-8-29(2)3)10-16(17)21(30)27-23;3-2(4,5)1(6)7/h6-7,10-12H,8-9H2,1-5H3,(H2,24,25,26,27,28,30);(H,6,7). The van der Waals surface area contributed by atoms with Gasteiger partial charge in [-0.1, -0.05) is 0 Å². The number of aliphatic carboxylic acids is 1. The van der Waals surface area contributed by atoms with Gasteiger partial charge in [-0.3, -0.25) is 5.32 Å². The molecule has 0 aliphatic rings. The van der Waals surface area contributed by atoms with E-state index < -0.39 is 12.1 Å². The summed E-state index contributed by atoms with van der Waals surface area (Å²) in [6.45, 7) is 3.19. The van der Waals surface area contributed by atoms with Gasteiger partial charge < -0.3 is 29.3 Å². The summed E-state index contributed by atoms with van der Waals surface area (Å²) in [6.07, 6.45) is -5.08. The van der Waals surface area contributed by atoms with Crippen molar-refractivity contribution in [1.29, 1.82) is 0 Å². The number of hydrogen-bond acceptors (Lipinski definition) is 11. The maximum Gasteiger partial charge on any atom is 0.490 e. The van der Waals surface area contributed by atoms with Crippen LogP contribution >= 0.6 is 0 Å². The first-order valence-corrected chi connectivity index (χ1v) is 11.6. The number of rotatable bonds is 8. The number of ether oxygens (including phenoxy) is 3. The van der Waals surface area contributed by atoms with Crippen LogP contribution in [0.5, 0.6) is 23.1 Å². The molecule has 0 amide bonds. The Hall–Kier alpha value is -4.66. The molecule has 0 saturated heterocycles. The minimum absolute atomic E-state index is 0.163. The van der Waals surface area contributed by atoms with Gasteiger partial charge in [0.05, 0.1) is 36.3 Å². The molecule has 2 heterocycles. The lowest BCUT2D eigenvalue weighted by Crippen LogP contribution is -2.21. The molecule has 2 aromatic heterocycles. The van der Waals surface area contributed by atoms with Crippen LogP contribution in [-0.2, 0) is 4.79 Å². The highest BCUT2D eigenvalue weighted by Crippen LogP contribution is 2.33. The first-order valence-electron chi connectivity index (χ1n) is 11.6. The minimum Gasteiger partial charge on any atom is -0.493 e. The Balaban J connectivity index is 0.000000559. The van der Waals surface area contributed by atoms with Crippen LogP contribution in [0.2, 0.25) is 0 Å². The van der Waals surface area contributed by atoms with Crippen LogP contribution in [0.4, 0.5) is 25.1 Å². The van der Waals surface area contributed by atoms with E-state index in [9.17, 15) is 18.3 Å². The molecule has 0 aliphatic carbocycles. The molecule has 0 saturated carbocycles. The molecule has 0 bridgehead atoms. The molecule has 214 valence electrons. The monoisotopic (exact) mass is 564 g/mol. The number of likely N-dealkylation sites (N-methyl/N-ethyl adjacent to an activating group) is 1. The van der Waals surface area contributed by atoms with E-state index in [1.54, 1.807) is 32.4 Å². The fraction of sp³-hybridized carbons (Fsp3) is 0.320. The number of nitrogens with zero attached hydrogens (tertiary/aromatic N) is 5. The van der Waals surface area contributed by atoms with Crippen LogP contribution in [-0.4, -0.2) is 88.7 Å². The Morgan fingerprint density at radius 3 is 2.15 bits per heavy atom. The number of methoxy groups -OCH3 is 2. The summed E-state index contributed by atoms with van der Waals surface area (Å²) in [6, 6.07) is 8.93. The number of hydrogen-bond donors (Lipinski definition) is 3. The van der Waals surface area contributed by atoms with Gasteiger partial charge in [0.2, 0.25) is 17.8 Å². The summed E-state index contributed by atoms with van der Waals surface area (Å²) < 4.78 is 48.2. The number of anilines is 2. The topological polar surface area (TPSA) is 152 Å². The molecule has 4 aromatic rings. The van der Waals surface area contributed by atoms with E-state index in [4.69, 9.17) is 24.1 Å². The normalized spacial score (nSPS) is 11.2. The quantitative estimate of drug-likeness (QED) is 0.284. The van der Waals surface area contributed by atoms with Gasteiger partial charge in [-0.2, -0.15) is 18.2 Å². The first-order chi connectivity index (χ1) is 18.8. The number of aryl methyl sites for hydroxylation is 1. The second-order valence-corrected chi connectivity index (χ2v) is 8.49. The number of benzene rings is 2. The highest BCUT2D eigenvalue weighted by Gasteiger charge is 2.38. The highest BCUT2D eigenvalue weighted by molar-refractivity contribution is 5.87. The molecule has 40 heavy (non-hydrogen) atoms. The Labute approximate surface area is 226 Å². The molecular weight excluding hydrogens is 537 g/mol. The Morgan fingerprint density at radius 2 is 1.55 bits per heavy atom. The maximum absolute atomic E-state index is 10.6. The predicted molar refractivity (Wildman–Crippen MR) is 140 cm³/mol. The summed E-state index contributed by atoms with van der Waals surface area (Å²) in [7, 11) is 7.11. The molecule has 3 N–H and O–H groups in total. The third-order valence-corrected chi connectivity index (χ3v) is 5.31. The van der Waals surface area contributed by atoms with Crippen molar-refractivity contribution in [2.45, 2.75) is 13.1 Å². The van der Waals surface area contributed by atoms with E-state index in [1.165, 1.54) is 0 Å². The van der Waals surface area contributed by atoms with Crippen LogP contribution in [0.3, 0.4) is 0 Å². The zero-order valence-electron chi connectivity index (χ0n) is 22.2. The van der Waals surface area contributed by atoms with Crippen molar-refractivity contribution in [3.63, 3.8) is 0 Å². The van der Waals surface area contributed by atoms with Crippen molar-refractivity contribution in [3.8, 4) is 23.1 Å². The molecule has 12 nitrogen and oxygen atoms in total. The van der Waals surface area contributed by atoms with Gasteiger partial charge in [-0.25, -0.2) is 19.7 Å². The zero-order chi connectivity index (χ0) is 29.6. The molecular formula is C25H27F3N6O6. The lowest BCUT2D eigenvalue weighted by Gasteiger charge is -2.12. The van der Waals surface area contributed by atoms with Crippen LogP contribution in [0.25, 0.3) is 21.8 Å². The molecule has 0 atom stereocenters. The number of carboxylic acid groups (broad SMARTS) is 1. The van der Waals surface area contributed by atoms with E-state index in [2.05, 4.69) is 25.3 Å². The average Bonchev–Trinajstić information content (AvgIpc) is 2.88. The number of halogens is 3. The summed E-state index contributed by atoms with van der Waals surface area (Å²) >= 11 is 0. The second kappa shape index (κ2) is 12.5. The van der Waals surface area contributed by atoms with Gasteiger partial charge in [0.15, 0.2) is 11.5 Å². The van der Waals surface area contributed by atoms with Crippen LogP contribution in [0.1, 0.15) is 5.69 Å². The minimum atomic E-state index is -5.08. The van der Waals surface area contributed by atoms with Crippen molar-refractivity contribution in [1.82, 2.24) is 24.8 Å². The second-order valence-electron chi connectivity index (χ2n) is 8.49. The number of carbonyl (C=O) groups is 1. The van der Waals surface area contributed by atoms with E-state index in [0.29, 0.717) is 46.2 Å². The van der Waals surface area contributed by atoms with Crippen molar-refractivity contribution in [2.75, 3.05) is 46.8 Å². The van der Waals surface area contributed by atoms with Gasteiger partial charge in [-0.05, 0) is 45.3 Å². The number of aromatic nitrogens is 4. The maximum atomic E-state index is 10.6. The van der Waals surface area contributed by atoms with Gasteiger partial charge in [-0.15, -0.1) is 0 Å². The molecule has 4 rings (SSSR count). The summed E-state index contributed by atoms with van der Waals surface area (Å²) in [4.78, 5) is 28.6. The van der Waals surface area contributed by atoms with Gasteiger partial charge in [0.1, 0.15) is 12.4 Å². The van der Waals surface area contributed by atoms with Crippen molar-refractivity contribution in [3.05, 3.63) is 36.0 Å². The zero-order valence-corrected chi connectivity index (χ0v) is 22.2. The molecule has 0 aliphatic heterocycles. The third kappa shape index (κ3) is 7.47. The number of fused-ring (bicyclic) bond motifs is 2. The summed E-state index contributed by atoms with van der Waals surface area (Å²) in [5.74, 6) is -0.628. The number of carboxylic acids is 1. The van der Waals surface area contributed by atoms with Gasteiger partial charge in [0.25, 0.3) is 0 Å². The van der Waals surface area contributed by atoms with Gasteiger partial charge in [0, 0.05) is 18.0 Å². The Bertz CT molecular complexity index is 1520. The molecule has 0 fully saturated rings. The van der Waals surface area contributed by atoms with Crippen LogP contribution < -0.4 is 19.5 Å². The largest absolute Gasteiger partial charge is 0.493 e. The van der Waals surface area contributed by atoms with E-state index in [-0.39, 0.29) is 11.8 Å². The van der Waals surface area contributed by atoms with E-state index in [0.717, 1.165) is 17.6 Å². The average molecular weight is 565 g/mol. The van der Waals surface area contributed by atoms with Crippen LogP contribution in [0, 0.1) is 6.92 Å². The summed E-state index contributed by atoms with van der Waals surface area (Å²) in [5.41, 5.74) is 1.98. The number of alkyl halides is 3. The van der Waals surface area contributed by atoms with E-state index >= 15 is 0 Å². The van der Waals surface area contributed by atoms with Crippen molar-refractivity contribution in [2.24, 2.45) is 0 Å². The van der Waals surface area contributed by atoms with Crippen LogP contribution in [0.15, 0.2) is 30.3 Å². The Kier molecular flexibility index (Phi) is 9.31. The van der Waals surface area contributed by atoms with Crippen molar-refractivity contribution < 1.29 is 42.4 Å². The van der Waals surface area contributed by atoms with Gasteiger partial charge >= 0.3 is 12.1 Å². The summed E-state index contributed by atoms with van der Waals surface area (Å²) in [5, 5.41) is 21.9. The molecule has 0 spiro atoms. The lowest BCUT2D eigenvalue weighted by atomic mass is 10.1. The molecule has 2 aromatic carbocycles. The predicted octanol–water partition coefficient (Wildman–Crippen LogP) is 3.92. The fourth-order valence-corrected chi connectivity index (χ4v) is 3.35. The smallest absolute Gasteiger partial charge is 0.490 e. The molecule has 0 unspecified atom stereocenters. The first kappa shape index (κ1) is 29.9. The molecule has 0 radical (unpaired) electrons.